The first-order chi connectivity index (χ1) is 9.90. The van der Waals surface area contributed by atoms with Gasteiger partial charge in [0.2, 0.25) is 5.75 Å². The number of nitrogens with two attached hydrogens (primary N) is 1. The van der Waals surface area contributed by atoms with Gasteiger partial charge in [-0.15, -0.1) is 0 Å². The minimum Gasteiger partial charge on any atom is -0.448 e. The molecular formula is C12H8BrFN4O3. The van der Waals surface area contributed by atoms with Gasteiger partial charge < -0.3 is 10.5 Å². The van der Waals surface area contributed by atoms with E-state index in [-0.39, 0.29) is 27.4 Å². The highest BCUT2D eigenvalue weighted by molar-refractivity contribution is 9.10. The first-order valence-electron chi connectivity index (χ1n) is 5.50. The van der Waals surface area contributed by atoms with E-state index >= 15 is 0 Å². The van der Waals surface area contributed by atoms with E-state index in [4.69, 9.17) is 15.9 Å². The molecule has 0 atom stereocenters. The Hall–Kier alpha value is -2.55. The van der Waals surface area contributed by atoms with Crippen LogP contribution in [-0.4, -0.2) is 15.7 Å². The highest BCUT2D eigenvalue weighted by Crippen LogP contribution is 2.36. The average Bonchev–Trinajstić information content (AvgIpc) is 2.42. The molecule has 0 aliphatic carbocycles. The van der Waals surface area contributed by atoms with Gasteiger partial charge in [0.25, 0.3) is 0 Å². The molecule has 9 heteroatoms. The molecule has 0 saturated heterocycles. The van der Waals surface area contributed by atoms with E-state index in [2.05, 4.69) is 20.9 Å². The smallest absolute Gasteiger partial charge is 0.312 e. The van der Waals surface area contributed by atoms with Crippen LogP contribution < -0.4 is 10.5 Å². The number of nitrogen functional groups attached to an aromatic ring is 1. The van der Waals surface area contributed by atoms with E-state index in [1.807, 2.05) is 0 Å². The Kier molecular flexibility index (Phi) is 4.13. The van der Waals surface area contributed by atoms with Crippen molar-refractivity contribution in [2.45, 2.75) is 0 Å². The fourth-order valence-corrected chi connectivity index (χ4v) is 1.88. The van der Waals surface area contributed by atoms with E-state index in [0.717, 1.165) is 12.1 Å². The Balaban J connectivity index is 2.52. The van der Waals surface area contributed by atoms with E-state index < -0.39 is 16.4 Å². The minimum absolute atomic E-state index is 0.0230. The molecule has 2 rings (SSSR count). The van der Waals surface area contributed by atoms with Crippen molar-refractivity contribution in [2.75, 3.05) is 0 Å². The molecule has 0 unspecified atom stereocenters. The largest absolute Gasteiger partial charge is 0.448 e. The number of pyridine rings is 1. The molecule has 0 radical (unpaired) electrons. The van der Waals surface area contributed by atoms with Crippen LogP contribution in [0.1, 0.15) is 5.56 Å². The summed E-state index contributed by atoms with van der Waals surface area (Å²) in [5.41, 5.74) is 5.15. The zero-order valence-electron chi connectivity index (χ0n) is 10.3. The summed E-state index contributed by atoms with van der Waals surface area (Å²) in [5, 5.41) is 18.4. The van der Waals surface area contributed by atoms with Crippen LogP contribution in [0.5, 0.6) is 11.5 Å². The number of benzene rings is 1. The number of amidine groups is 1. The predicted molar refractivity (Wildman–Crippen MR) is 76.1 cm³/mol. The second-order valence-electron chi connectivity index (χ2n) is 3.88. The van der Waals surface area contributed by atoms with Crippen molar-refractivity contribution < 1.29 is 14.1 Å². The number of rotatable bonds is 4. The lowest BCUT2D eigenvalue weighted by Crippen LogP contribution is -2.12. The van der Waals surface area contributed by atoms with Crippen molar-refractivity contribution in [2.24, 2.45) is 5.73 Å². The molecule has 0 fully saturated rings. The molecule has 0 spiro atoms. The minimum atomic E-state index is -0.719. The van der Waals surface area contributed by atoms with Crippen molar-refractivity contribution in [3.05, 3.63) is 56.6 Å². The summed E-state index contributed by atoms with van der Waals surface area (Å²) in [4.78, 5) is 14.1. The zero-order chi connectivity index (χ0) is 15.6. The topological polar surface area (TPSA) is 115 Å². The second-order valence-corrected chi connectivity index (χ2v) is 4.73. The lowest BCUT2D eigenvalue weighted by molar-refractivity contribution is -0.385. The summed E-state index contributed by atoms with van der Waals surface area (Å²) in [7, 11) is 0. The molecule has 0 bridgehead atoms. The number of aromatic nitrogens is 1. The number of hydrogen-bond donors (Lipinski definition) is 2. The van der Waals surface area contributed by atoms with E-state index in [0.29, 0.717) is 0 Å². The summed E-state index contributed by atoms with van der Waals surface area (Å²) < 4.78 is 18.8. The van der Waals surface area contributed by atoms with Crippen LogP contribution in [-0.2, 0) is 0 Å². The van der Waals surface area contributed by atoms with Gasteiger partial charge in [-0.05, 0) is 22.0 Å². The highest BCUT2D eigenvalue weighted by Gasteiger charge is 2.21. The molecule has 7 nitrogen and oxygen atoms in total. The molecule has 108 valence electrons. The van der Waals surface area contributed by atoms with Gasteiger partial charge in [-0.1, -0.05) is 0 Å². The second kappa shape index (κ2) is 5.83. The Morgan fingerprint density at radius 1 is 1.48 bits per heavy atom. The van der Waals surface area contributed by atoms with Crippen LogP contribution in [0.4, 0.5) is 10.1 Å². The first kappa shape index (κ1) is 14.9. The number of hydrogen-bond acceptors (Lipinski definition) is 5. The maximum atomic E-state index is 13.6. The van der Waals surface area contributed by atoms with Crippen LogP contribution in [0, 0.1) is 21.3 Å². The Morgan fingerprint density at radius 2 is 2.19 bits per heavy atom. The number of nitro benzene ring substituents is 1. The van der Waals surface area contributed by atoms with Crippen molar-refractivity contribution in [3.63, 3.8) is 0 Å². The van der Waals surface area contributed by atoms with Crippen molar-refractivity contribution in [1.82, 2.24) is 4.98 Å². The van der Waals surface area contributed by atoms with Gasteiger partial charge in [-0.3, -0.25) is 20.5 Å². The third-order valence-corrected chi connectivity index (χ3v) is 3.10. The molecule has 1 aromatic carbocycles. The van der Waals surface area contributed by atoms with Gasteiger partial charge in [0.15, 0.2) is 5.75 Å². The molecule has 1 heterocycles. The first-order valence-corrected chi connectivity index (χ1v) is 6.29. The third-order valence-electron chi connectivity index (χ3n) is 2.49. The normalized spacial score (nSPS) is 10.2. The Morgan fingerprint density at radius 3 is 2.81 bits per heavy atom. The lowest BCUT2D eigenvalue weighted by atomic mass is 10.2. The van der Waals surface area contributed by atoms with Crippen LogP contribution in [0.3, 0.4) is 0 Å². The number of nitrogens with one attached hydrogen (secondary N) is 1. The zero-order valence-corrected chi connectivity index (χ0v) is 11.9. The summed E-state index contributed by atoms with van der Waals surface area (Å²) in [6.45, 7) is 0. The molecule has 1 aromatic heterocycles. The van der Waals surface area contributed by atoms with Gasteiger partial charge in [-0.2, -0.15) is 0 Å². The molecule has 21 heavy (non-hydrogen) atoms. The van der Waals surface area contributed by atoms with Crippen LogP contribution in [0.25, 0.3) is 0 Å². The average molecular weight is 355 g/mol. The summed E-state index contributed by atoms with van der Waals surface area (Å²) in [6.07, 6.45) is 2.63. The summed E-state index contributed by atoms with van der Waals surface area (Å²) in [6, 6.07) is 3.28. The maximum absolute atomic E-state index is 13.6. The molecule has 2 aromatic rings. The van der Waals surface area contributed by atoms with Crippen LogP contribution in [0.15, 0.2) is 35.1 Å². The molecule has 0 aliphatic heterocycles. The van der Waals surface area contributed by atoms with Crippen molar-refractivity contribution in [3.8, 4) is 11.5 Å². The molecule has 0 saturated carbocycles. The molecular weight excluding hydrogens is 347 g/mol. The number of nitro groups is 1. The van der Waals surface area contributed by atoms with Gasteiger partial charge in [0.1, 0.15) is 11.7 Å². The van der Waals surface area contributed by atoms with Gasteiger partial charge in [0, 0.05) is 18.3 Å². The predicted octanol–water partition coefficient (Wildman–Crippen LogP) is 2.97. The number of ether oxygens (including phenoxy) is 1. The fourth-order valence-electron chi connectivity index (χ4n) is 1.54. The van der Waals surface area contributed by atoms with Crippen molar-refractivity contribution >= 4 is 27.5 Å². The van der Waals surface area contributed by atoms with Crippen LogP contribution in [0.2, 0.25) is 0 Å². The SMILES string of the molecule is N=C(N)c1ccncc1Oc1cc(F)c(Br)cc1[N+](=O)[O-]. The molecule has 3 N–H and O–H groups in total. The van der Waals surface area contributed by atoms with E-state index in [1.54, 1.807) is 0 Å². The van der Waals surface area contributed by atoms with Crippen LogP contribution >= 0.6 is 15.9 Å². The summed E-state index contributed by atoms with van der Waals surface area (Å²) in [5.74, 6) is -1.30. The van der Waals surface area contributed by atoms with Gasteiger partial charge >= 0.3 is 5.69 Å². The van der Waals surface area contributed by atoms with Gasteiger partial charge in [0.05, 0.1) is 21.2 Å². The molecule has 0 aliphatic rings. The quantitative estimate of drug-likeness (QED) is 0.379. The Bertz CT molecular complexity index is 738. The molecule has 0 amide bonds. The monoisotopic (exact) mass is 354 g/mol. The number of nitrogens with zero attached hydrogens (tertiary/aromatic N) is 2. The number of halogens is 2. The van der Waals surface area contributed by atoms with Crippen molar-refractivity contribution in [1.29, 1.82) is 5.41 Å². The van der Waals surface area contributed by atoms with Gasteiger partial charge in [-0.25, -0.2) is 4.39 Å². The summed E-state index contributed by atoms with van der Waals surface area (Å²) >= 11 is 2.87. The van der Waals surface area contributed by atoms with E-state index in [1.165, 1.54) is 18.5 Å². The fraction of sp³-hybridized carbons (Fsp3) is 0. The lowest BCUT2D eigenvalue weighted by Gasteiger charge is -2.10. The highest BCUT2D eigenvalue weighted by atomic mass is 79.9. The third kappa shape index (κ3) is 3.14. The maximum Gasteiger partial charge on any atom is 0.312 e. The standard InChI is InChI=1S/C12H8BrFN4O3/c13-7-3-9(18(19)20)10(4-8(7)14)21-11-5-17-2-1-6(11)12(15)16/h1-5H,(H3,15,16). The van der Waals surface area contributed by atoms with E-state index in [9.17, 15) is 14.5 Å². The Labute approximate surface area is 126 Å².